The van der Waals surface area contributed by atoms with Gasteiger partial charge in [0.15, 0.2) is 0 Å². The molecule has 0 radical (unpaired) electrons. The van der Waals surface area contributed by atoms with Gasteiger partial charge in [-0.15, -0.1) is 0 Å². The lowest BCUT2D eigenvalue weighted by Crippen LogP contribution is -2.05. The van der Waals surface area contributed by atoms with Crippen LogP contribution >= 0.6 is 7.60 Å². The number of aryl methyl sites for hydroxylation is 1. The number of pyridine rings is 1. The average Bonchev–Trinajstić information content (AvgIpc) is 2.85. The highest BCUT2D eigenvalue weighted by molar-refractivity contribution is 7.53. The van der Waals surface area contributed by atoms with E-state index in [9.17, 15) is 4.57 Å². The van der Waals surface area contributed by atoms with Crippen LogP contribution in [0.4, 0.5) is 0 Å². The van der Waals surface area contributed by atoms with Gasteiger partial charge in [-0.25, -0.2) is 4.98 Å². The Morgan fingerprint density at radius 1 is 0.818 bits per heavy atom. The van der Waals surface area contributed by atoms with Crippen LogP contribution in [-0.4, -0.2) is 31.0 Å². The van der Waals surface area contributed by atoms with E-state index in [4.69, 9.17) is 18.8 Å². The van der Waals surface area contributed by atoms with Gasteiger partial charge in [0.1, 0.15) is 0 Å². The molecule has 0 atom stereocenters. The van der Waals surface area contributed by atoms with Crippen LogP contribution in [0.5, 0.6) is 0 Å². The highest BCUT2D eigenvalue weighted by Gasteiger charge is 2.22. The van der Waals surface area contributed by atoms with Crippen molar-refractivity contribution in [2.24, 2.45) is 0 Å². The molecule has 0 aliphatic carbocycles. The molecule has 0 N–H and O–H groups in total. The molecule has 1 aromatic heterocycles. The summed E-state index contributed by atoms with van der Waals surface area (Å²) in [7, 11) is -3.02. The van der Waals surface area contributed by atoms with E-state index in [2.05, 4.69) is 49.4 Å². The fourth-order valence-electron chi connectivity index (χ4n) is 3.65. The third kappa shape index (κ3) is 7.35. The van der Waals surface area contributed by atoms with Gasteiger partial charge in [0.25, 0.3) is 0 Å². The molecular weight excluding hydrogens is 433 g/mol. The molecule has 0 saturated carbocycles. The summed E-state index contributed by atoms with van der Waals surface area (Å²) in [6.07, 6.45) is 1.97. The summed E-state index contributed by atoms with van der Waals surface area (Å²) in [5.41, 5.74) is 6.44. The van der Waals surface area contributed by atoms with Gasteiger partial charge in [-0.2, -0.15) is 0 Å². The third-order valence-corrected chi connectivity index (χ3v) is 7.46. The molecule has 3 aromatic rings. The molecule has 0 saturated heterocycles. The molecule has 0 fully saturated rings. The minimum absolute atomic E-state index is 0.351. The molecule has 0 amide bonds. The first-order chi connectivity index (χ1) is 16.1. The summed E-state index contributed by atoms with van der Waals surface area (Å²) in [6.45, 7) is 7.40. The van der Waals surface area contributed by atoms with Crippen molar-refractivity contribution in [2.75, 3.05) is 26.0 Å². The topological polar surface area (TPSA) is 57.7 Å². The predicted octanol–water partition coefficient (Wildman–Crippen LogP) is 7.15. The van der Waals surface area contributed by atoms with E-state index in [0.29, 0.717) is 39.0 Å². The van der Waals surface area contributed by atoms with Crippen molar-refractivity contribution < 1.29 is 18.3 Å². The number of ether oxygens (including phenoxy) is 1. The van der Waals surface area contributed by atoms with Gasteiger partial charge in [0.05, 0.1) is 37.4 Å². The largest absolute Gasteiger partial charge is 0.375 e. The molecule has 0 unspecified atom stereocenters. The van der Waals surface area contributed by atoms with E-state index in [1.807, 2.05) is 38.1 Å². The quantitative estimate of drug-likeness (QED) is 0.197. The Bertz CT molecular complexity index is 1030. The lowest BCUT2D eigenvalue weighted by Gasteiger charge is -2.16. The molecule has 0 aliphatic heterocycles. The lowest BCUT2D eigenvalue weighted by atomic mass is 9.97. The molecule has 176 valence electrons. The van der Waals surface area contributed by atoms with Crippen molar-refractivity contribution in [1.82, 2.24) is 4.98 Å². The van der Waals surface area contributed by atoms with Crippen molar-refractivity contribution in [2.45, 2.75) is 40.2 Å². The second-order valence-electron chi connectivity index (χ2n) is 7.69. The zero-order valence-electron chi connectivity index (χ0n) is 19.8. The number of hydrogen-bond donors (Lipinski definition) is 0. The Kier molecular flexibility index (Phi) is 9.83. The molecule has 1 heterocycles. The van der Waals surface area contributed by atoms with Gasteiger partial charge >= 0.3 is 7.60 Å². The number of benzene rings is 2. The molecule has 5 nitrogen and oxygen atoms in total. The number of nitrogens with zero attached hydrogens (tertiary/aromatic N) is 1. The molecule has 2 aromatic carbocycles. The van der Waals surface area contributed by atoms with Gasteiger partial charge in [0, 0.05) is 17.7 Å². The normalized spacial score (nSPS) is 11.6. The minimum Gasteiger partial charge on any atom is -0.375 e. The van der Waals surface area contributed by atoms with Crippen LogP contribution in [0, 0.1) is 0 Å². The third-order valence-electron chi connectivity index (χ3n) is 5.30. The summed E-state index contributed by atoms with van der Waals surface area (Å²) in [5.74, 6) is 0. The number of aromatic nitrogens is 1. The molecule has 33 heavy (non-hydrogen) atoms. The maximum absolute atomic E-state index is 12.5. The Morgan fingerprint density at radius 2 is 1.52 bits per heavy atom. The van der Waals surface area contributed by atoms with Crippen molar-refractivity contribution in [3.63, 3.8) is 0 Å². The van der Waals surface area contributed by atoms with Crippen LogP contribution in [0.25, 0.3) is 22.4 Å². The van der Waals surface area contributed by atoms with E-state index in [1.165, 1.54) is 5.56 Å². The van der Waals surface area contributed by atoms with E-state index in [0.717, 1.165) is 34.5 Å². The van der Waals surface area contributed by atoms with Gasteiger partial charge in [0.2, 0.25) is 0 Å². The molecular formula is C27H34NO4P. The second-order valence-corrected chi connectivity index (χ2v) is 9.88. The first-order valence-corrected chi connectivity index (χ1v) is 13.4. The van der Waals surface area contributed by atoms with Crippen LogP contribution in [0.1, 0.15) is 38.4 Å². The summed E-state index contributed by atoms with van der Waals surface area (Å²) >= 11 is 0. The fraction of sp³-hybridized carbons (Fsp3) is 0.370. The predicted molar refractivity (Wildman–Crippen MR) is 134 cm³/mol. The Hall–Kier alpha value is -2.30. The monoisotopic (exact) mass is 467 g/mol. The fourth-order valence-corrected chi connectivity index (χ4v) is 5.28. The van der Waals surface area contributed by atoms with Crippen molar-refractivity contribution in [3.05, 3.63) is 78.0 Å². The number of hydrogen-bond acceptors (Lipinski definition) is 5. The van der Waals surface area contributed by atoms with E-state index >= 15 is 0 Å². The Labute approximate surface area is 197 Å². The number of rotatable bonds is 13. The summed E-state index contributed by atoms with van der Waals surface area (Å²) in [4.78, 5) is 4.94. The zero-order chi connectivity index (χ0) is 23.5. The molecule has 0 aliphatic rings. The van der Waals surface area contributed by atoms with Gasteiger partial charge in [-0.1, -0.05) is 67.6 Å². The van der Waals surface area contributed by atoms with Crippen LogP contribution in [-0.2, 0) is 31.4 Å². The Balaban J connectivity index is 1.70. The van der Waals surface area contributed by atoms with E-state index in [-0.39, 0.29) is 0 Å². The lowest BCUT2D eigenvalue weighted by molar-refractivity contribution is 0.117. The summed E-state index contributed by atoms with van der Waals surface area (Å²) in [6, 6.07) is 23.0. The Morgan fingerprint density at radius 3 is 2.15 bits per heavy atom. The van der Waals surface area contributed by atoms with Gasteiger partial charge in [-0.05, 0) is 43.9 Å². The van der Waals surface area contributed by atoms with Crippen LogP contribution < -0.4 is 0 Å². The van der Waals surface area contributed by atoms with E-state index < -0.39 is 7.60 Å². The maximum Gasteiger partial charge on any atom is 0.330 e. The SMILES string of the molecule is CCOP(=O)(CCCOCc1ccc(-c2ccc(CC)cc2)c(-c2ccccc2)n1)OCC. The van der Waals surface area contributed by atoms with Gasteiger partial charge < -0.3 is 13.8 Å². The first-order valence-electron chi connectivity index (χ1n) is 11.7. The second kappa shape index (κ2) is 12.8. The van der Waals surface area contributed by atoms with Crippen molar-refractivity contribution in [3.8, 4) is 22.4 Å². The van der Waals surface area contributed by atoms with E-state index in [1.54, 1.807) is 0 Å². The molecule has 0 spiro atoms. The summed E-state index contributed by atoms with van der Waals surface area (Å²) in [5, 5.41) is 0. The van der Waals surface area contributed by atoms with Gasteiger partial charge in [-0.3, -0.25) is 4.57 Å². The highest BCUT2D eigenvalue weighted by atomic mass is 31.2. The minimum atomic E-state index is -3.02. The maximum atomic E-state index is 12.5. The smallest absolute Gasteiger partial charge is 0.330 e. The zero-order valence-corrected chi connectivity index (χ0v) is 20.7. The standard InChI is InChI=1S/C27H34NO4P/c1-4-22-13-15-23(16-14-22)26-18-17-25(28-27(26)24-11-8-7-9-12-24)21-30-19-10-20-33(29,31-5-2)32-6-3/h7-9,11-18H,4-6,10,19-21H2,1-3H3. The average molecular weight is 468 g/mol. The van der Waals surface area contributed by atoms with Crippen molar-refractivity contribution >= 4 is 7.60 Å². The first kappa shape index (κ1) is 25.3. The highest BCUT2D eigenvalue weighted by Crippen LogP contribution is 2.48. The molecule has 0 bridgehead atoms. The van der Waals surface area contributed by atoms with Crippen LogP contribution in [0.3, 0.4) is 0 Å². The van der Waals surface area contributed by atoms with Crippen LogP contribution in [0.2, 0.25) is 0 Å². The van der Waals surface area contributed by atoms with Crippen LogP contribution in [0.15, 0.2) is 66.7 Å². The molecule has 3 rings (SSSR count). The molecule has 6 heteroatoms. The van der Waals surface area contributed by atoms with Crippen molar-refractivity contribution in [1.29, 1.82) is 0 Å². The summed E-state index contributed by atoms with van der Waals surface area (Å²) < 4.78 is 29.1.